The first-order chi connectivity index (χ1) is 10.1. The first-order valence-electron chi connectivity index (χ1n) is 8.06. The molecule has 4 nitrogen and oxygen atoms in total. The summed E-state index contributed by atoms with van der Waals surface area (Å²) in [5.41, 5.74) is 0. The van der Waals surface area contributed by atoms with Crippen LogP contribution in [0, 0.1) is 5.92 Å². The highest BCUT2D eigenvalue weighted by Crippen LogP contribution is 2.13. The Labute approximate surface area is 128 Å². The summed E-state index contributed by atoms with van der Waals surface area (Å²) in [6.45, 7) is 2.22. The van der Waals surface area contributed by atoms with Gasteiger partial charge in [0, 0.05) is 0 Å². The van der Waals surface area contributed by atoms with Gasteiger partial charge in [0.1, 0.15) is 0 Å². The predicted octanol–water partition coefficient (Wildman–Crippen LogP) is 4.34. The minimum atomic E-state index is -0.967. The average Bonchev–Trinajstić information content (AvgIpc) is 2.46. The van der Waals surface area contributed by atoms with Crippen molar-refractivity contribution in [2.75, 3.05) is 7.11 Å². The van der Waals surface area contributed by atoms with Gasteiger partial charge in [0.25, 0.3) is 0 Å². The number of methoxy groups -OCH3 is 1. The van der Waals surface area contributed by atoms with Crippen LogP contribution in [0.15, 0.2) is 12.2 Å². The summed E-state index contributed by atoms with van der Waals surface area (Å²) in [7, 11) is 1.29. The number of esters is 1. The Balaban J connectivity index is 3.71. The molecule has 1 unspecified atom stereocenters. The Kier molecular flexibility index (Phi) is 12.8. The molecule has 0 fully saturated rings. The van der Waals surface area contributed by atoms with Gasteiger partial charge in [0.15, 0.2) is 0 Å². The summed E-state index contributed by atoms with van der Waals surface area (Å²) in [6.07, 6.45) is 14.2. The van der Waals surface area contributed by atoms with E-state index in [9.17, 15) is 9.59 Å². The van der Waals surface area contributed by atoms with Crippen molar-refractivity contribution >= 4 is 11.9 Å². The summed E-state index contributed by atoms with van der Waals surface area (Å²) in [4.78, 5) is 22.1. The number of carbonyl (C=O) groups excluding carboxylic acids is 1. The molecule has 0 bridgehead atoms. The maximum atomic E-state index is 11.4. The molecular weight excluding hydrogens is 268 g/mol. The molecule has 1 atom stereocenters. The summed E-state index contributed by atoms with van der Waals surface area (Å²) in [5, 5.41) is 8.76. The Morgan fingerprint density at radius 1 is 1.05 bits per heavy atom. The van der Waals surface area contributed by atoms with Crippen molar-refractivity contribution < 1.29 is 19.4 Å². The smallest absolute Gasteiger partial charge is 0.309 e. The zero-order chi connectivity index (χ0) is 15.9. The molecule has 0 aromatic rings. The van der Waals surface area contributed by atoms with E-state index in [4.69, 9.17) is 5.11 Å². The fraction of sp³-hybridized carbons (Fsp3) is 0.765. The number of allylic oxidation sites excluding steroid dienone is 2. The third kappa shape index (κ3) is 12.2. The lowest BCUT2D eigenvalue weighted by atomic mass is 10.0. The lowest BCUT2D eigenvalue weighted by Gasteiger charge is -2.09. The van der Waals surface area contributed by atoms with E-state index in [2.05, 4.69) is 11.7 Å². The van der Waals surface area contributed by atoms with E-state index in [1.165, 1.54) is 45.6 Å². The van der Waals surface area contributed by atoms with Crippen LogP contribution in [0.25, 0.3) is 0 Å². The third-order valence-electron chi connectivity index (χ3n) is 3.52. The van der Waals surface area contributed by atoms with Crippen LogP contribution in [0.4, 0.5) is 0 Å². The van der Waals surface area contributed by atoms with Gasteiger partial charge in [-0.05, 0) is 19.3 Å². The monoisotopic (exact) mass is 298 g/mol. The molecule has 0 spiro atoms. The van der Waals surface area contributed by atoms with Gasteiger partial charge >= 0.3 is 11.9 Å². The minimum Gasteiger partial charge on any atom is -0.481 e. The molecule has 1 N–H and O–H groups in total. The number of carboxylic acid groups (broad SMARTS) is 1. The van der Waals surface area contributed by atoms with Gasteiger partial charge in [-0.2, -0.15) is 0 Å². The van der Waals surface area contributed by atoms with Crippen molar-refractivity contribution in [3.8, 4) is 0 Å². The number of carbonyl (C=O) groups is 2. The average molecular weight is 298 g/mol. The quantitative estimate of drug-likeness (QED) is 0.312. The van der Waals surface area contributed by atoms with Crippen LogP contribution in [0.5, 0.6) is 0 Å². The second kappa shape index (κ2) is 13.7. The molecule has 0 aromatic heterocycles. The second-order valence-electron chi connectivity index (χ2n) is 5.44. The molecule has 0 radical (unpaired) electrons. The molecule has 0 saturated heterocycles. The van der Waals surface area contributed by atoms with E-state index in [0.29, 0.717) is 6.42 Å². The van der Waals surface area contributed by atoms with Crippen LogP contribution in [0.1, 0.15) is 71.1 Å². The van der Waals surface area contributed by atoms with Gasteiger partial charge in [-0.15, -0.1) is 0 Å². The largest absolute Gasteiger partial charge is 0.481 e. The third-order valence-corrected chi connectivity index (χ3v) is 3.52. The Hall–Kier alpha value is -1.32. The SMILES string of the molecule is CCCCCCCCCC=CCC(CC(=O)O)C(=O)OC. The Morgan fingerprint density at radius 3 is 2.24 bits per heavy atom. The van der Waals surface area contributed by atoms with Crippen molar-refractivity contribution in [3.63, 3.8) is 0 Å². The van der Waals surface area contributed by atoms with E-state index in [0.717, 1.165) is 12.8 Å². The molecule has 4 heteroatoms. The maximum absolute atomic E-state index is 11.4. The summed E-state index contributed by atoms with van der Waals surface area (Å²) >= 11 is 0. The van der Waals surface area contributed by atoms with Gasteiger partial charge in [-0.3, -0.25) is 9.59 Å². The van der Waals surface area contributed by atoms with Gasteiger partial charge < -0.3 is 9.84 Å². The van der Waals surface area contributed by atoms with Gasteiger partial charge in [-0.1, -0.05) is 57.6 Å². The summed E-state index contributed by atoms with van der Waals surface area (Å²) < 4.78 is 4.62. The molecule has 0 heterocycles. The number of rotatable bonds is 13. The highest BCUT2D eigenvalue weighted by Gasteiger charge is 2.20. The number of ether oxygens (including phenoxy) is 1. The Bertz CT molecular complexity index is 310. The van der Waals surface area contributed by atoms with Crippen LogP contribution in [-0.4, -0.2) is 24.2 Å². The summed E-state index contributed by atoms with van der Waals surface area (Å²) in [5.74, 6) is -1.98. The molecule has 0 aliphatic rings. The Morgan fingerprint density at radius 2 is 1.67 bits per heavy atom. The van der Waals surface area contributed by atoms with Gasteiger partial charge in [0.2, 0.25) is 0 Å². The van der Waals surface area contributed by atoms with E-state index >= 15 is 0 Å². The van der Waals surface area contributed by atoms with Crippen LogP contribution < -0.4 is 0 Å². The van der Waals surface area contributed by atoms with E-state index in [-0.39, 0.29) is 6.42 Å². The minimum absolute atomic E-state index is 0.172. The molecule has 0 amide bonds. The van der Waals surface area contributed by atoms with Crippen LogP contribution >= 0.6 is 0 Å². The molecule has 0 aromatic carbocycles. The van der Waals surface area contributed by atoms with Gasteiger partial charge in [-0.25, -0.2) is 0 Å². The fourth-order valence-corrected chi connectivity index (χ4v) is 2.24. The number of hydrogen-bond donors (Lipinski definition) is 1. The first kappa shape index (κ1) is 19.7. The molecule has 21 heavy (non-hydrogen) atoms. The van der Waals surface area contributed by atoms with Crippen LogP contribution in [0.3, 0.4) is 0 Å². The maximum Gasteiger partial charge on any atom is 0.309 e. The van der Waals surface area contributed by atoms with Crippen molar-refractivity contribution in [1.29, 1.82) is 0 Å². The topological polar surface area (TPSA) is 63.6 Å². The number of aliphatic carboxylic acids is 1. The fourth-order valence-electron chi connectivity index (χ4n) is 2.24. The lowest BCUT2D eigenvalue weighted by molar-refractivity contribution is -0.150. The lowest BCUT2D eigenvalue weighted by Crippen LogP contribution is -2.19. The normalized spacial score (nSPS) is 12.5. The van der Waals surface area contributed by atoms with E-state index < -0.39 is 17.9 Å². The van der Waals surface area contributed by atoms with Crippen LogP contribution in [0.2, 0.25) is 0 Å². The summed E-state index contributed by atoms with van der Waals surface area (Å²) in [6, 6.07) is 0. The van der Waals surface area contributed by atoms with Crippen molar-refractivity contribution in [2.45, 2.75) is 71.1 Å². The number of unbranched alkanes of at least 4 members (excludes halogenated alkanes) is 7. The standard InChI is InChI=1S/C17H30O4/c1-3-4-5-6-7-8-9-10-11-12-13-15(14-16(18)19)17(20)21-2/h11-12,15H,3-10,13-14H2,1-2H3,(H,18,19). The predicted molar refractivity (Wildman–Crippen MR) is 84.1 cm³/mol. The van der Waals surface area contributed by atoms with Crippen molar-refractivity contribution in [1.82, 2.24) is 0 Å². The zero-order valence-corrected chi connectivity index (χ0v) is 13.5. The van der Waals surface area contributed by atoms with E-state index in [1.807, 2.05) is 12.2 Å². The first-order valence-corrected chi connectivity index (χ1v) is 8.06. The molecule has 0 rings (SSSR count). The van der Waals surface area contributed by atoms with Crippen molar-refractivity contribution in [3.05, 3.63) is 12.2 Å². The molecule has 0 aliphatic heterocycles. The van der Waals surface area contributed by atoms with Gasteiger partial charge in [0.05, 0.1) is 19.4 Å². The zero-order valence-electron chi connectivity index (χ0n) is 13.5. The van der Waals surface area contributed by atoms with E-state index in [1.54, 1.807) is 0 Å². The second-order valence-corrected chi connectivity index (χ2v) is 5.44. The van der Waals surface area contributed by atoms with Crippen LogP contribution in [-0.2, 0) is 14.3 Å². The molecule has 122 valence electrons. The molecule has 0 saturated carbocycles. The highest BCUT2D eigenvalue weighted by molar-refractivity contribution is 5.79. The highest BCUT2D eigenvalue weighted by atomic mass is 16.5. The number of carboxylic acids is 1. The molecule has 0 aliphatic carbocycles. The molecular formula is C17H30O4. The number of hydrogen-bond acceptors (Lipinski definition) is 3. The van der Waals surface area contributed by atoms with Crippen molar-refractivity contribution in [2.24, 2.45) is 5.92 Å².